The molecule has 1 aromatic carbocycles. The van der Waals surface area contributed by atoms with E-state index in [9.17, 15) is 4.79 Å². The summed E-state index contributed by atoms with van der Waals surface area (Å²) in [6, 6.07) is 8.25. The molecule has 0 aliphatic carbocycles. The lowest BCUT2D eigenvalue weighted by Gasteiger charge is -2.37. The number of rotatable bonds is 3. The summed E-state index contributed by atoms with van der Waals surface area (Å²) < 4.78 is 5.79. The topological polar surface area (TPSA) is 29.5 Å². The summed E-state index contributed by atoms with van der Waals surface area (Å²) in [4.78, 5) is 13.4. The maximum atomic E-state index is 11.2. The van der Waals surface area contributed by atoms with Crippen LogP contribution in [-0.4, -0.2) is 31.1 Å². The van der Waals surface area contributed by atoms with Gasteiger partial charge in [0, 0.05) is 24.1 Å². The molecule has 1 aliphatic heterocycles. The molecular weight excluding hydrogens is 270 g/mol. The van der Waals surface area contributed by atoms with Crippen molar-refractivity contribution in [3.8, 4) is 0 Å². The minimum atomic E-state index is -0.0907. The number of esters is 1. The van der Waals surface area contributed by atoms with Crippen LogP contribution in [0.2, 0.25) is 0 Å². The Morgan fingerprint density at radius 1 is 1.44 bits per heavy atom. The predicted molar refractivity (Wildman–Crippen MR) is 64.9 cm³/mol. The van der Waals surface area contributed by atoms with E-state index in [-0.39, 0.29) is 11.9 Å². The Labute approximate surface area is 104 Å². The van der Waals surface area contributed by atoms with Crippen LogP contribution in [-0.2, 0) is 16.1 Å². The number of methoxy groups -OCH3 is 1. The molecule has 1 fully saturated rings. The average molecular weight is 284 g/mol. The second kappa shape index (κ2) is 4.97. The van der Waals surface area contributed by atoms with Gasteiger partial charge in [0.2, 0.25) is 0 Å². The molecule has 16 heavy (non-hydrogen) atoms. The number of benzene rings is 1. The highest BCUT2D eigenvalue weighted by atomic mass is 79.9. The van der Waals surface area contributed by atoms with Gasteiger partial charge in [-0.1, -0.05) is 28.1 Å². The molecule has 3 nitrogen and oxygen atoms in total. The molecule has 2 rings (SSSR count). The summed E-state index contributed by atoms with van der Waals surface area (Å²) >= 11 is 3.41. The normalized spacial score (nSPS) is 16.9. The third kappa shape index (κ3) is 2.62. The standard InChI is InChI=1S/C12H14BrNO2/c1-16-12(15)10-7-14(8-10)6-9-2-4-11(13)5-3-9/h2-5,10H,6-8H2,1H3. The maximum absolute atomic E-state index is 11.2. The second-order valence-corrected chi connectivity index (χ2v) is 4.96. The van der Waals surface area contributed by atoms with Crippen LogP contribution in [0.3, 0.4) is 0 Å². The third-order valence-electron chi connectivity index (χ3n) is 2.81. The van der Waals surface area contributed by atoms with E-state index in [0.717, 1.165) is 24.1 Å². The Morgan fingerprint density at radius 3 is 2.62 bits per heavy atom. The number of nitrogens with zero attached hydrogens (tertiary/aromatic N) is 1. The van der Waals surface area contributed by atoms with Crippen molar-refractivity contribution in [1.29, 1.82) is 0 Å². The van der Waals surface area contributed by atoms with Crippen LogP contribution in [0.15, 0.2) is 28.7 Å². The Kier molecular flexibility index (Phi) is 3.61. The smallest absolute Gasteiger partial charge is 0.311 e. The number of hydrogen-bond donors (Lipinski definition) is 0. The predicted octanol–water partition coefficient (Wildman–Crippen LogP) is 2.05. The van der Waals surface area contributed by atoms with E-state index in [0.29, 0.717) is 0 Å². The first-order chi connectivity index (χ1) is 7.69. The molecule has 0 radical (unpaired) electrons. The molecule has 0 amide bonds. The highest BCUT2D eigenvalue weighted by Gasteiger charge is 2.32. The molecule has 0 saturated carbocycles. The van der Waals surface area contributed by atoms with Crippen molar-refractivity contribution in [3.63, 3.8) is 0 Å². The first-order valence-corrected chi connectivity index (χ1v) is 6.03. The van der Waals surface area contributed by atoms with E-state index in [1.165, 1.54) is 12.7 Å². The molecule has 1 aromatic rings. The molecular formula is C12H14BrNO2. The molecule has 0 atom stereocenters. The molecule has 1 saturated heterocycles. The van der Waals surface area contributed by atoms with Gasteiger partial charge in [-0.05, 0) is 17.7 Å². The summed E-state index contributed by atoms with van der Waals surface area (Å²) in [6.45, 7) is 2.52. The summed E-state index contributed by atoms with van der Waals surface area (Å²) in [7, 11) is 1.44. The fourth-order valence-electron chi connectivity index (χ4n) is 1.86. The van der Waals surface area contributed by atoms with Crippen LogP contribution in [0.1, 0.15) is 5.56 Å². The number of hydrogen-bond acceptors (Lipinski definition) is 3. The maximum Gasteiger partial charge on any atom is 0.311 e. The van der Waals surface area contributed by atoms with Crippen LogP contribution >= 0.6 is 15.9 Å². The Balaban J connectivity index is 1.81. The van der Waals surface area contributed by atoms with Crippen molar-refractivity contribution in [3.05, 3.63) is 34.3 Å². The van der Waals surface area contributed by atoms with Crippen molar-refractivity contribution in [2.45, 2.75) is 6.54 Å². The molecule has 0 unspecified atom stereocenters. The molecule has 0 bridgehead atoms. The number of likely N-dealkylation sites (tertiary alicyclic amines) is 1. The lowest BCUT2D eigenvalue weighted by molar-refractivity contribution is -0.151. The second-order valence-electron chi connectivity index (χ2n) is 4.04. The number of carbonyl (C=O) groups is 1. The van der Waals surface area contributed by atoms with Gasteiger partial charge in [0.25, 0.3) is 0 Å². The summed E-state index contributed by atoms with van der Waals surface area (Å²) in [5.74, 6) is -0.0208. The largest absolute Gasteiger partial charge is 0.469 e. The molecule has 4 heteroatoms. The monoisotopic (exact) mass is 283 g/mol. The highest BCUT2D eigenvalue weighted by molar-refractivity contribution is 9.10. The van der Waals surface area contributed by atoms with Crippen LogP contribution in [0.25, 0.3) is 0 Å². The van der Waals surface area contributed by atoms with Crippen molar-refractivity contribution in [2.75, 3.05) is 20.2 Å². The van der Waals surface area contributed by atoms with Crippen LogP contribution in [0, 0.1) is 5.92 Å². The Morgan fingerprint density at radius 2 is 2.06 bits per heavy atom. The quantitative estimate of drug-likeness (QED) is 0.796. The third-order valence-corrected chi connectivity index (χ3v) is 3.34. The van der Waals surface area contributed by atoms with Gasteiger partial charge >= 0.3 is 5.97 Å². The zero-order chi connectivity index (χ0) is 11.5. The Hall–Kier alpha value is -0.870. The van der Waals surface area contributed by atoms with Gasteiger partial charge in [0.1, 0.15) is 0 Å². The number of ether oxygens (including phenoxy) is 1. The molecule has 0 aromatic heterocycles. The zero-order valence-corrected chi connectivity index (χ0v) is 10.7. The van der Waals surface area contributed by atoms with Crippen LogP contribution < -0.4 is 0 Å². The fourth-order valence-corrected chi connectivity index (χ4v) is 2.13. The molecule has 86 valence electrons. The molecule has 0 spiro atoms. The first-order valence-electron chi connectivity index (χ1n) is 5.23. The van der Waals surface area contributed by atoms with Crippen molar-refractivity contribution >= 4 is 21.9 Å². The molecule has 1 heterocycles. The van der Waals surface area contributed by atoms with Gasteiger partial charge in [-0.2, -0.15) is 0 Å². The lowest BCUT2D eigenvalue weighted by atomic mass is 9.99. The van der Waals surface area contributed by atoms with Gasteiger partial charge in [0.15, 0.2) is 0 Å². The van der Waals surface area contributed by atoms with Crippen molar-refractivity contribution in [1.82, 2.24) is 4.90 Å². The van der Waals surface area contributed by atoms with Crippen LogP contribution in [0.5, 0.6) is 0 Å². The SMILES string of the molecule is COC(=O)C1CN(Cc2ccc(Br)cc2)C1. The van der Waals surface area contributed by atoms with E-state index < -0.39 is 0 Å². The van der Waals surface area contributed by atoms with E-state index in [2.05, 4.69) is 33.0 Å². The van der Waals surface area contributed by atoms with E-state index in [1.807, 2.05) is 12.1 Å². The van der Waals surface area contributed by atoms with Gasteiger partial charge in [-0.3, -0.25) is 9.69 Å². The van der Waals surface area contributed by atoms with Gasteiger partial charge in [-0.25, -0.2) is 0 Å². The van der Waals surface area contributed by atoms with E-state index >= 15 is 0 Å². The summed E-state index contributed by atoms with van der Waals surface area (Å²) in [6.07, 6.45) is 0. The van der Waals surface area contributed by atoms with Crippen molar-refractivity contribution in [2.24, 2.45) is 5.92 Å². The van der Waals surface area contributed by atoms with E-state index in [4.69, 9.17) is 4.74 Å². The summed E-state index contributed by atoms with van der Waals surface area (Å²) in [5, 5.41) is 0. The zero-order valence-electron chi connectivity index (χ0n) is 9.15. The number of carbonyl (C=O) groups excluding carboxylic acids is 1. The van der Waals surface area contributed by atoms with E-state index in [1.54, 1.807) is 0 Å². The highest BCUT2D eigenvalue weighted by Crippen LogP contribution is 2.20. The molecule has 1 aliphatic rings. The minimum Gasteiger partial charge on any atom is -0.469 e. The summed E-state index contributed by atoms with van der Waals surface area (Å²) in [5.41, 5.74) is 1.27. The first kappa shape index (κ1) is 11.6. The van der Waals surface area contributed by atoms with Gasteiger partial charge < -0.3 is 4.74 Å². The molecule has 0 N–H and O–H groups in total. The van der Waals surface area contributed by atoms with Crippen molar-refractivity contribution < 1.29 is 9.53 Å². The van der Waals surface area contributed by atoms with Gasteiger partial charge in [-0.15, -0.1) is 0 Å². The van der Waals surface area contributed by atoms with Crippen LogP contribution in [0.4, 0.5) is 0 Å². The lowest BCUT2D eigenvalue weighted by Crippen LogP contribution is -2.49. The van der Waals surface area contributed by atoms with Gasteiger partial charge in [0.05, 0.1) is 13.0 Å². The average Bonchev–Trinajstić information content (AvgIpc) is 2.24. The fraction of sp³-hybridized carbons (Fsp3) is 0.417. The number of halogens is 1. The Bertz CT molecular complexity index is 371. The minimum absolute atomic E-state index is 0.0699.